The van der Waals surface area contributed by atoms with Gasteiger partial charge < -0.3 is 14.8 Å². The summed E-state index contributed by atoms with van der Waals surface area (Å²) in [7, 11) is 1.52. The zero-order valence-electron chi connectivity index (χ0n) is 21.2. The first-order valence-electron chi connectivity index (χ1n) is 11.8. The first-order chi connectivity index (χ1) is 17.8. The number of methoxy groups -OCH3 is 1. The standard InChI is InChI=1S/C31H27ClN2O3/c1-19-9-10-21(3)28(13-19)34-31(35)24(17-33)14-22-15-27(32)30(29(16-22)36-4)37-18-26-20(2)11-12-23-7-5-6-8-25(23)26/h5-16H,18H2,1-4H3,(H,34,35)/b24-14+. The fourth-order valence-corrected chi connectivity index (χ4v) is 4.39. The van der Waals surface area contributed by atoms with Gasteiger partial charge in [-0.2, -0.15) is 5.26 Å². The van der Waals surface area contributed by atoms with E-state index in [1.807, 2.05) is 57.2 Å². The first kappa shape index (κ1) is 25.8. The molecule has 6 heteroatoms. The Kier molecular flexibility index (Phi) is 7.81. The van der Waals surface area contributed by atoms with Crippen molar-refractivity contribution in [1.82, 2.24) is 0 Å². The number of carbonyl (C=O) groups excluding carboxylic acids is 1. The SMILES string of the molecule is COc1cc(/C=C(\C#N)C(=O)Nc2cc(C)ccc2C)cc(Cl)c1OCc1c(C)ccc2ccccc12. The van der Waals surface area contributed by atoms with Crippen molar-refractivity contribution < 1.29 is 14.3 Å². The monoisotopic (exact) mass is 510 g/mol. The first-order valence-corrected chi connectivity index (χ1v) is 12.2. The molecule has 0 atom stereocenters. The van der Waals surface area contributed by atoms with E-state index in [4.69, 9.17) is 21.1 Å². The van der Waals surface area contributed by atoms with Gasteiger partial charge in [0.15, 0.2) is 11.5 Å². The van der Waals surface area contributed by atoms with E-state index in [1.54, 1.807) is 12.1 Å². The molecule has 1 amide bonds. The van der Waals surface area contributed by atoms with Gasteiger partial charge in [0.2, 0.25) is 0 Å². The molecule has 4 aromatic rings. The number of carbonyl (C=O) groups is 1. The van der Waals surface area contributed by atoms with Crippen LogP contribution in [0.5, 0.6) is 11.5 Å². The number of halogens is 1. The number of nitrogens with zero attached hydrogens (tertiary/aromatic N) is 1. The molecule has 186 valence electrons. The van der Waals surface area contributed by atoms with Crippen LogP contribution >= 0.6 is 11.6 Å². The Morgan fingerprint density at radius 3 is 2.54 bits per heavy atom. The van der Waals surface area contributed by atoms with Crippen molar-refractivity contribution in [2.45, 2.75) is 27.4 Å². The molecule has 1 N–H and O–H groups in total. The van der Waals surface area contributed by atoms with Gasteiger partial charge in [0.1, 0.15) is 18.2 Å². The summed E-state index contributed by atoms with van der Waals surface area (Å²) < 4.78 is 11.7. The number of aryl methyl sites for hydroxylation is 3. The Morgan fingerprint density at radius 1 is 1.03 bits per heavy atom. The van der Waals surface area contributed by atoms with Gasteiger partial charge in [-0.1, -0.05) is 60.1 Å². The number of nitriles is 1. The predicted molar refractivity (Wildman–Crippen MR) is 149 cm³/mol. The molecule has 4 aromatic carbocycles. The van der Waals surface area contributed by atoms with Gasteiger partial charge in [0.05, 0.1) is 12.1 Å². The molecule has 0 aliphatic heterocycles. The van der Waals surface area contributed by atoms with E-state index in [-0.39, 0.29) is 5.57 Å². The minimum atomic E-state index is -0.502. The second kappa shape index (κ2) is 11.2. The molecule has 0 bridgehead atoms. The van der Waals surface area contributed by atoms with Gasteiger partial charge >= 0.3 is 0 Å². The van der Waals surface area contributed by atoms with Crippen LogP contribution in [0.25, 0.3) is 16.8 Å². The highest BCUT2D eigenvalue weighted by Crippen LogP contribution is 2.38. The van der Waals surface area contributed by atoms with Crippen molar-refractivity contribution in [2.24, 2.45) is 0 Å². The number of ether oxygens (including phenoxy) is 2. The summed E-state index contributed by atoms with van der Waals surface area (Å²) in [5.41, 5.74) is 5.24. The number of benzene rings is 4. The Balaban J connectivity index is 1.60. The fraction of sp³-hybridized carbons (Fsp3) is 0.161. The Bertz CT molecular complexity index is 1570. The second-order valence-electron chi connectivity index (χ2n) is 8.85. The highest BCUT2D eigenvalue weighted by molar-refractivity contribution is 6.32. The van der Waals surface area contributed by atoms with Crippen molar-refractivity contribution in [3.63, 3.8) is 0 Å². The van der Waals surface area contributed by atoms with Gasteiger partial charge in [-0.05, 0) is 78.1 Å². The molecule has 0 saturated heterocycles. The van der Waals surface area contributed by atoms with E-state index in [2.05, 4.69) is 29.6 Å². The molecule has 4 rings (SSSR count). The average molecular weight is 511 g/mol. The van der Waals surface area contributed by atoms with Crippen LogP contribution in [-0.2, 0) is 11.4 Å². The third-order valence-electron chi connectivity index (χ3n) is 6.20. The normalized spacial score (nSPS) is 11.2. The van der Waals surface area contributed by atoms with E-state index >= 15 is 0 Å². The van der Waals surface area contributed by atoms with Crippen molar-refractivity contribution in [3.05, 3.63) is 105 Å². The van der Waals surface area contributed by atoms with Crippen molar-refractivity contribution in [3.8, 4) is 17.6 Å². The smallest absolute Gasteiger partial charge is 0.266 e. The lowest BCUT2D eigenvalue weighted by Gasteiger charge is -2.16. The summed E-state index contributed by atoms with van der Waals surface area (Å²) >= 11 is 6.59. The molecule has 0 heterocycles. The molecule has 37 heavy (non-hydrogen) atoms. The Labute approximate surface area is 221 Å². The molecule has 5 nitrogen and oxygen atoms in total. The fourth-order valence-electron chi connectivity index (χ4n) is 4.12. The molecule has 0 fully saturated rings. The van der Waals surface area contributed by atoms with Crippen molar-refractivity contribution >= 4 is 40.0 Å². The van der Waals surface area contributed by atoms with Crippen molar-refractivity contribution in [2.75, 3.05) is 12.4 Å². The number of anilines is 1. The van der Waals surface area contributed by atoms with E-state index in [0.29, 0.717) is 34.4 Å². The summed E-state index contributed by atoms with van der Waals surface area (Å²) in [6.45, 7) is 6.19. The largest absolute Gasteiger partial charge is 0.493 e. The van der Waals surface area contributed by atoms with E-state index in [9.17, 15) is 10.1 Å². The van der Waals surface area contributed by atoms with Crippen LogP contribution in [0.1, 0.15) is 27.8 Å². The number of rotatable bonds is 7. The molecule has 0 unspecified atom stereocenters. The molecule has 0 radical (unpaired) electrons. The maximum Gasteiger partial charge on any atom is 0.266 e. The zero-order valence-corrected chi connectivity index (χ0v) is 21.9. The van der Waals surface area contributed by atoms with Crippen molar-refractivity contribution in [1.29, 1.82) is 5.26 Å². The maximum atomic E-state index is 12.8. The Hall–Kier alpha value is -4.27. The molecular formula is C31H27ClN2O3. The minimum Gasteiger partial charge on any atom is -0.493 e. The van der Waals surface area contributed by atoms with Gasteiger partial charge in [-0.3, -0.25) is 4.79 Å². The van der Waals surface area contributed by atoms with E-state index in [1.165, 1.54) is 13.2 Å². The highest BCUT2D eigenvalue weighted by atomic mass is 35.5. The van der Waals surface area contributed by atoms with Gasteiger partial charge in [0, 0.05) is 11.3 Å². The molecule has 0 aliphatic rings. The predicted octanol–water partition coefficient (Wildman–Crippen LogP) is 7.55. The third kappa shape index (κ3) is 5.77. The summed E-state index contributed by atoms with van der Waals surface area (Å²) in [4.78, 5) is 12.8. The number of nitrogens with one attached hydrogen (secondary N) is 1. The number of hydrogen-bond donors (Lipinski definition) is 1. The molecule has 0 aromatic heterocycles. The van der Waals surface area contributed by atoms with Gasteiger partial charge in [0.25, 0.3) is 5.91 Å². The summed E-state index contributed by atoms with van der Waals surface area (Å²) in [5.74, 6) is 0.300. The van der Waals surface area contributed by atoms with Crippen LogP contribution in [0.4, 0.5) is 5.69 Å². The van der Waals surface area contributed by atoms with E-state index < -0.39 is 5.91 Å². The van der Waals surface area contributed by atoms with Crippen LogP contribution in [0.15, 0.2) is 72.3 Å². The number of hydrogen-bond acceptors (Lipinski definition) is 4. The molecule has 0 saturated carbocycles. The summed E-state index contributed by atoms with van der Waals surface area (Å²) in [6, 6.07) is 23.4. The molecular weight excluding hydrogens is 484 g/mol. The maximum absolute atomic E-state index is 12.8. The van der Waals surface area contributed by atoms with Gasteiger partial charge in [-0.15, -0.1) is 0 Å². The summed E-state index contributed by atoms with van der Waals surface area (Å²) in [5, 5.41) is 15.0. The summed E-state index contributed by atoms with van der Waals surface area (Å²) in [6.07, 6.45) is 1.48. The van der Waals surface area contributed by atoms with Crippen LogP contribution < -0.4 is 14.8 Å². The van der Waals surface area contributed by atoms with Crippen LogP contribution in [0.2, 0.25) is 5.02 Å². The van der Waals surface area contributed by atoms with E-state index in [0.717, 1.165) is 33.0 Å². The quantitative estimate of drug-likeness (QED) is 0.206. The third-order valence-corrected chi connectivity index (χ3v) is 6.49. The van der Waals surface area contributed by atoms with Crippen LogP contribution in [0.3, 0.4) is 0 Å². The lowest BCUT2D eigenvalue weighted by Crippen LogP contribution is -2.14. The highest BCUT2D eigenvalue weighted by Gasteiger charge is 2.16. The number of fused-ring (bicyclic) bond motifs is 1. The zero-order chi connectivity index (χ0) is 26.5. The topological polar surface area (TPSA) is 71.3 Å². The van der Waals surface area contributed by atoms with Crippen LogP contribution in [-0.4, -0.2) is 13.0 Å². The van der Waals surface area contributed by atoms with Gasteiger partial charge in [-0.25, -0.2) is 0 Å². The lowest BCUT2D eigenvalue weighted by atomic mass is 10.0. The number of amides is 1. The minimum absolute atomic E-state index is 0.0564. The molecule has 0 aliphatic carbocycles. The molecule has 0 spiro atoms. The average Bonchev–Trinajstić information content (AvgIpc) is 2.89. The Morgan fingerprint density at radius 2 is 1.78 bits per heavy atom. The second-order valence-corrected chi connectivity index (χ2v) is 9.25. The lowest BCUT2D eigenvalue weighted by molar-refractivity contribution is -0.112. The van der Waals surface area contributed by atoms with Crippen LogP contribution in [0, 0.1) is 32.1 Å².